The lowest BCUT2D eigenvalue weighted by atomic mass is 10.1. The smallest absolute Gasteiger partial charge is 0.336 e. The van der Waals surface area contributed by atoms with E-state index in [0.717, 1.165) is 43.4 Å². The van der Waals surface area contributed by atoms with Gasteiger partial charge in [0.1, 0.15) is 11.3 Å². The standard InChI is InChI=1S/C19H25NO5/c1-13-17(21)6-5-16-14(10-18(22)25-19(13)16)11-20-7-3-8-23-12-15-4-2-9-24-15/h5-6,10,15,20-21H,2-4,7-9,11-12H2,1H3/t15-/m0/s1. The van der Waals surface area contributed by atoms with Crippen molar-refractivity contribution in [3.63, 3.8) is 0 Å². The molecule has 0 aliphatic carbocycles. The minimum Gasteiger partial charge on any atom is -0.508 e. The Kier molecular flexibility index (Phi) is 6.07. The van der Waals surface area contributed by atoms with Gasteiger partial charge in [0.25, 0.3) is 0 Å². The van der Waals surface area contributed by atoms with Gasteiger partial charge < -0.3 is 24.3 Å². The molecular formula is C19H25NO5. The maximum atomic E-state index is 11.8. The number of rotatable bonds is 8. The SMILES string of the molecule is Cc1c(O)ccc2c(CNCCCOC[C@@H]3CCCO3)cc(=O)oc12. The molecule has 2 heterocycles. The molecule has 2 aromatic rings. The number of ether oxygens (including phenoxy) is 2. The van der Waals surface area contributed by atoms with Crippen molar-refractivity contribution in [2.45, 2.75) is 38.8 Å². The first-order valence-corrected chi connectivity index (χ1v) is 8.80. The molecule has 1 aliphatic rings. The fourth-order valence-electron chi connectivity index (χ4n) is 3.07. The van der Waals surface area contributed by atoms with Gasteiger partial charge in [0, 0.05) is 36.8 Å². The number of aryl methyl sites for hydroxylation is 1. The minimum atomic E-state index is -0.405. The molecule has 6 nitrogen and oxygen atoms in total. The topological polar surface area (TPSA) is 80.9 Å². The van der Waals surface area contributed by atoms with Crippen LogP contribution < -0.4 is 10.9 Å². The number of phenols is 1. The van der Waals surface area contributed by atoms with Gasteiger partial charge in [-0.25, -0.2) is 4.79 Å². The van der Waals surface area contributed by atoms with Gasteiger partial charge in [-0.05, 0) is 50.4 Å². The van der Waals surface area contributed by atoms with Gasteiger partial charge in [-0.15, -0.1) is 0 Å². The van der Waals surface area contributed by atoms with Gasteiger partial charge in [-0.2, -0.15) is 0 Å². The molecule has 25 heavy (non-hydrogen) atoms. The van der Waals surface area contributed by atoms with E-state index in [2.05, 4.69) is 5.32 Å². The van der Waals surface area contributed by atoms with Crippen LogP contribution in [0, 0.1) is 6.92 Å². The Balaban J connectivity index is 1.48. The second-order valence-corrected chi connectivity index (χ2v) is 6.42. The van der Waals surface area contributed by atoms with E-state index in [1.807, 2.05) is 0 Å². The second kappa shape index (κ2) is 8.47. The molecule has 0 amide bonds. The average molecular weight is 347 g/mol. The molecule has 0 saturated carbocycles. The van der Waals surface area contributed by atoms with E-state index in [4.69, 9.17) is 13.9 Å². The summed E-state index contributed by atoms with van der Waals surface area (Å²) in [6.45, 7) is 5.32. The number of hydrogen-bond acceptors (Lipinski definition) is 6. The number of aromatic hydroxyl groups is 1. The predicted molar refractivity (Wildman–Crippen MR) is 95.0 cm³/mol. The first-order valence-electron chi connectivity index (χ1n) is 8.80. The Morgan fingerprint density at radius 2 is 2.28 bits per heavy atom. The first kappa shape index (κ1) is 17.9. The lowest BCUT2D eigenvalue weighted by Crippen LogP contribution is -2.19. The third kappa shape index (κ3) is 4.60. The van der Waals surface area contributed by atoms with Crippen LogP contribution in [0.3, 0.4) is 0 Å². The summed E-state index contributed by atoms with van der Waals surface area (Å²) >= 11 is 0. The van der Waals surface area contributed by atoms with Gasteiger partial charge >= 0.3 is 5.63 Å². The molecule has 0 unspecified atom stereocenters. The highest BCUT2D eigenvalue weighted by Gasteiger charge is 2.15. The van der Waals surface area contributed by atoms with E-state index >= 15 is 0 Å². The molecule has 0 radical (unpaired) electrons. The van der Waals surface area contributed by atoms with Crippen LogP contribution in [0.15, 0.2) is 27.4 Å². The fraction of sp³-hybridized carbons (Fsp3) is 0.526. The Labute approximate surface area is 146 Å². The van der Waals surface area contributed by atoms with E-state index < -0.39 is 5.63 Å². The summed E-state index contributed by atoms with van der Waals surface area (Å²) in [5.74, 6) is 0.129. The van der Waals surface area contributed by atoms with Crippen molar-refractivity contribution in [1.29, 1.82) is 0 Å². The molecule has 1 atom stereocenters. The van der Waals surface area contributed by atoms with Crippen molar-refractivity contribution in [3.8, 4) is 5.75 Å². The van der Waals surface area contributed by atoms with Crippen molar-refractivity contribution < 1.29 is 19.0 Å². The van der Waals surface area contributed by atoms with Crippen LogP contribution in [0.1, 0.15) is 30.4 Å². The predicted octanol–water partition coefficient (Wildman–Crippen LogP) is 2.48. The number of hydrogen-bond donors (Lipinski definition) is 2. The van der Waals surface area contributed by atoms with Crippen LogP contribution in [0.25, 0.3) is 11.0 Å². The van der Waals surface area contributed by atoms with Crippen molar-refractivity contribution in [2.75, 3.05) is 26.4 Å². The highest BCUT2D eigenvalue weighted by atomic mass is 16.5. The van der Waals surface area contributed by atoms with Gasteiger partial charge in [-0.1, -0.05) is 0 Å². The lowest BCUT2D eigenvalue weighted by Gasteiger charge is -2.11. The molecule has 2 N–H and O–H groups in total. The molecule has 1 aromatic heterocycles. The fourth-order valence-corrected chi connectivity index (χ4v) is 3.07. The van der Waals surface area contributed by atoms with Crippen LogP contribution >= 0.6 is 0 Å². The Morgan fingerprint density at radius 3 is 3.08 bits per heavy atom. The number of phenolic OH excluding ortho intramolecular Hbond substituents is 1. The Bertz CT molecular complexity index is 764. The van der Waals surface area contributed by atoms with Crippen LogP contribution in [0.5, 0.6) is 5.75 Å². The molecule has 1 aromatic carbocycles. The molecule has 1 saturated heterocycles. The summed E-state index contributed by atoms with van der Waals surface area (Å²) in [4.78, 5) is 11.8. The molecule has 0 bridgehead atoms. The zero-order valence-corrected chi connectivity index (χ0v) is 14.5. The maximum Gasteiger partial charge on any atom is 0.336 e. The van der Waals surface area contributed by atoms with Crippen LogP contribution in [-0.4, -0.2) is 37.6 Å². The van der Waals surface area contributed by atoms with E-state index in [0.29, 0.717) is 30.9 Å². The zero-order chi connectivity index (χ0) is 17.6. The van der Waals surface area contributed by atoms with E-state index in [1.54, 1.807) is 19.1 Å². The molecule has 6 heteroatoms. The van der Waals surface area contributed by atoms with Gasteiger partial charge in [0.05, 0.1) is 12.7 Å². The lowest BCUT2D eigenvalue weighted by molar-refractivity contribution is 0.0166. The quantitative estimate of drug-likeness (QED) is 0.564. The molecule has 3 rings (SSSR count). The van der Waals surface area contributed by atoms with Crippen molar-refractivity contribution in [1.82, 2.24) is 5.32 Å². The number of benzene rings is 1. The Morgan fingerprint density at radius 1 is 1.40 bits per heavy atom. The van der Waals surface area contributed by atoms with Crippen LogP contribution in [0.4, 0.5) is 0 Å². The second-order valence-electron chi connectivity index (χ2n) is 6.42. The van der Waals surface area contributed by atoms with E-state index in [1.165, 1.54) is 6.07 Å². The summed E-state index contributed by atoms with van der Waals surface area (Å²) in [6.07, 6.45) is 3.39. The van der Waals surface area contributed by atoms with Gasteiger partial charge in [-0.3, -0.25) is 0 Å². The van der Waals surface area contributed by atoms with Crippen molar-refractivity contribution in [3.05, 3.63) is 39.7 Å². The largest absolute Gasteiger partial charge is 0.508 e. The van der Waals surface area contributed by atoms with E-state index in [-0.39, 0.29) is 11.9 Å². The molecule has 136 valence electrons. The van der Waals surface area contributed by atoms with Gasteiger partial charge in [0.15, 0.2) is 0 Å². The van der Waals surface area contributed by atoms with Crippen LogP contribution in [0.2, 0.25) is 0 Å². The summed E-state index contributed by atoms with van der Waals surface area (Å²) in [5, 5.41) is 13.9. The maximum absolute atomic E-state index is 11.8. The summed E-state index contributed by atoms with van der Waals surface area (Å²) in [6, 6.07) is 4.90. The zero-order valence-electron chi connectivity index (χ0n) is 14.5. The highest BCUT2D eigenvalue weighted by molar-refractivity contribution is 5.84. The molecule has 1 fully saturated rings. The molecular weight excluding hydrogens is 322 g/mol. The third-order valence-electron chi connectivity index (χ3n) is 4.50. The minimum absolute atomic E-state index is 0.129. The average Bonchev–Trinajstić information content (AvgIpc) is 3.11. The van der Waals surface area contributed by atoms with Crippen molar-refractivity contribution >= 4 is 11.0 Å². The summed E-state index contributed by atoms with van der Waals surface area (Å²) < 4.78 is 16.4. The van der Waals surface area contributed by atoms with Crippen molar-refractivity contribution in [2.24, 2.45) is 0 Å². The molecule has 1 aliphatic heterocycles. The number of fused-ring (bicyclic) bond motifs is 1. The molecule has 0 spiro atoms. The van der Waals surface area contributed by atoms with E-state index in [9.17, 15) is 9.90 Å². The summed E-state index contributed by atoms with van der Waals surface area (Å²) in [5.41, 5.74) is 1.50. The normalized spacial score (nSPS) is 17.4. The first-order chi connectivity index (χ1) is 12.1. The Hall–Kier alpha value is -1.89. The van der Waals surface area contributed by atoms with Crippen LogP contribution in [-0.2, 0) is 16.0 Å². The summed E-state index contributed by atoms with van der Waals surface area (Å²) in [7, 11) is 0. The number of nitrogens with one attached hydrogen (secondary N) is 1. The third-order valence-corrected chi connectivity index (χ3v) is 4.50. The monoisotopic (exact) mass is 347 g/mol. The highest BCUT2D eigenvalue weighted by Crippen LogP contribution is 2.27. The van der Waals surface area contributed by atoms with Gasteiger partial charge in [0.2, 0.25) is 0 Å².